The summed E-state index contributed by atoms with van der Waals surface area (Å²) in [6.07, 6.45) is 0.590. The number of nitro groups is 1. The van der Waals surface area contributed by atoms with Gasteiger partial charge in [-0.3, -0.25) is 10.1 Å². The van der Waals surface area contributed by atoms with Crippen molar-refractivity contribution in [3.8, 4) is 11.6 Å². The van der Waals surface area contributed by atoms with Crippen molar-refractivity contribution in [3.63, 3.8) is 0 Å². The summed E-state index contributed by atoms with van der Waals surface area (Å²) >= 11 is 5.86. The molecule has 2 rings (SSSR count). The Balaban J connectivity index is 2.42. The molecule has 0 aliphatic heterocycles. The van der Waals surface area contributed by atoms with Gasteiger partial charge in [0.05, 0.1) is 4.92 Å². The smallest absolute Gasteiger partial charge is 0.314 e. The number of halogens is 1. The molecule has 1 heterocycles. The molecular formula is C13H12ClN3O3. The summed E-state index contributed by atoms with van der Waals surface area (Å²) in [7, 11) is 0. The standard InChI is InChI=1S/C13H12ClN3O3/c1-3-11-15-10(14)7-12(16-11)20-9-6-4-5-8(2)13(9)17(18)19/h4-7H,3H2,1-2H3. The molecule has 0 spiro atoms. The van der Waals surface area contributed by atoms with E-state index < -0.39 is 4.92 Å². The van der Waals surface area contributed by atoms with Crippen molar-refractivity contribution in [3.05, 3.63) is 50.9 Å². The van der Waals surface area contributed by atoms with Crippen LogP contribution < -0.4 is 4.74 Å². The molecule has 0 unspecified atom stereocenters. The fourth-order valence-electron chi connectivity index (χ4n) is 1.71. The van der Waals surface area contributed by atoms with Gasteiger partial charge in [0.2, 0.25) is 11.6 Å². The Morgan fingerprint density at radius 1 is 1.40 bits per heavy atom. The second-order valence-electron chi connectivity index (χ2n) is 4.08. The van der Waals surface area contributed by atoms with E-state index in [1.165, 1.54) is 12.1 Å². The van der Waals surface area contributed by atoms with Gasteiger partial charge in [-0.05, 0) is 13.0 Å². The third-order valence-corrected chi connectivity index (χ3v) is 2.83. The topological polar surface area (TPSA) is 78.2 Å². The zero-order valence-corrected chi connectivity index (χ0v) is 11.7. The van der Waals surface area contributed by atoms with Crippen molar-refractivity contribution in [2.45, 2.75) is 20.3 Å². The number of para-hydroxylation sites is 1. The molecule has 7 heteroatoms. The lowest BCUT2D eigenvalue weighted by atomic mass is 10.2. The Morgan fingerprint density at radius 2 is 2.15 bits per heavy atom. The normalized spacial score (nSPS) is 10.3. The average Bonchev–Trinajstić information content (AvgIpc) is 2.37. The molecule has 0 atom stereocenters. The molecule has 1 aromatic heterocycles. The quantitative estimate of drug-likeness (QED) is 0.488. The molecule has 0 saturated carbocycles. The van der Waals surface area contributed by atoms with E-state index in [4.69, 9.17) is 16.3 Å². The fraction of sp³-hybridized carbons (Fsp3) is 0.231. The van der Waals surface area contributed by atoms with E-state index in [1.54, 1.807) is 19.1 Å². The van der Waals surface area contributed by atoms with E-state index in [2.05, 4.69) is 9.97 Å². The van der Waals surface area contributed by atoms with Crippen LogP contribution in [0.5, 0.6) is 11.6 Å². The number of ether oxygens (including phenoxy) is 1. The zero-order chi connectivity index (χ0) is 14.7. The minimum Gasteiger partial charge on any atom is -0.432 e. The Kier molecular flexibility index (Phi) is 4.14. The van der Waals surface area contributed by atoms with Gasteiger partial charge in [0, 0.05) is 18.1 Å². The molecule has 2 aromatic rings. The van der Waals surface area contributed by atoms with Gasteiger partial charge in [-0.25, -0.2) is 4.98 Å². The van der Waals surface area contributed by atoms with E-state index in [-0.39, 0.29) is 22.5 Å². The van der Waals surface area contributed by atoms with E-state index in [9.17, 15) is 10.1 Å². The molecule has 0 saturated heterocycles. The highest BCUT2D eigenvalue weighted by Gasteiger charge is 2.19. The summed E-state index contributed by atoms with van der Waals surface area (Å²) < 4.78 is 5.50. The van der Waals surface area contributed by atoms with Crippen LogP contribution in [0.1, 0.15) is 18.3 Å². The van der Waals surface area contributed by atoms with Gasteiger partial charge in [0.1, 0.15) is 11.0 Å². The molecule has 0 amide bonds. The Morgan fingerprint density at radius 3 is 2.80 bits per heavy atom. The number of benzene rings is 1. The largest absolute Gasteiger partial charge is 0.432 e. The second-order valence-corrected chi connectivity index (χ2v) is 4.47. The van der Waals surface area contributed by atoms with Gasteiger partial charge >= 0.3 is 5.69 Å². The molecule has 0 radical (unpaired) electrons. The van der Waals surface area contributed by atoms with E-state index in [0.717, 1.165) is 0 Å². The number of nitrogens with zero attached hydrogens (tertiary/aromatic N) is 3. The predicted molar refractivity (Wildman–Crippen MR) is 74.3 cm³/mol. The molecular weight excluding hydrogens is 282 g/mol. The van der Waals surface area contributed by atoms with Gasteiger partial charge < -0.3 is 4.74 Å². The van der Waals surface area contributed by atoms with Gasteiger partial charge in [-0.1, -0.05) is 30.7 Å². The zero-order valence-electron chi connectivity index (χ0n) is 11.0. The van der Waals surface area contributed by atoms with Crippen molar-refractivity contribution in [2.24, 2.45) is 0 Å². The van der Waals surface area contributed by atoms with Gasteiger partial charge in [0.15, 0.2) is 0 Å². The number of hydrogen-bond acceptors (Lipinski definition) is 5. The Hall–Kier alpha value is -2.21. The van der Waals surface area contributed by atoms with E-state index >= 15 is 0 Å². The number of rotatable bonds is 4. The molecule has 0 N–H and O–H groups in total. The predicted octanol–water partition coefficient (Wildman–Crippen LogP) is 3.70. The number of aryl methyl sites for hydroxylation is 2. The van der Waals surface area contributed by atoms with Crippen molar-refractivity contribution < 1.29 is 9.66 Å². The summed E-state index contributed by atoms with van der Waals surface area (Å²) in [5.41, 5.74) is 0.434. The molecule has 6 nitrogen and oxygen atoms in total. The van der Waals surface area contributed by atoms with Crippen LogP contribution in [-0.4, -0.2) is 14.9 Å². The second kappa shape index (κ2) is 5.83. The van der Waals surface area contributed by atoms with Gasteiger partial charge in [0.25, 0.3) is 0 Å². The minimum atomic E-state index is -0.478. The first-order valence-corrected chi connectivity index (χ1v) is 6.34. The first-order valence-electron chi connectivity index (χ1n) is 5.96. The van der Waals surface area contributed by atoms with Crippen LogP contribution in [0.2, 0.25) is 5.15 Å². The Bertz CT molecular complexity index is 661. The molecule has 1 aromatic carbocycles. The number of nitro benzene ring substituents is 1. The molecule has 0 aliphatic carbocycles. The molecule has 0 fully saturated rings. The van der Waals surface area contributed by atoms with Crippen LogP contribution in [0, 0.1) is 17.0 Å². The van der Waals surface area contributed by atoms with Crippen molar-refractivity contribution >= 4 is 17.3 Å². The van der Waals surface area contributed by atoms with Crippen LogP contribution in [-0.2, 0) is 6.42 Å². The minimum absolute atomic E-state index is 0.0831. The maximum Gasteiger partial charge on any atom is 0.314 e. The summed E-state index contributed by atoms with van der Waals surface area (Å²) in [5.74, 6) is 0.838. The first-order chi connectivity index (χ1) is 9.51. The maximum atomic E-state index is 11.1. The van der Waals surface area contributed by atoms with Crippen molar-refractivity contribution in [2.75, 3.05) is 0 Å². The van der Waals surface area contributed by atoms with Gasteiger partial charge in [-0.2, -0.15) is 4.98 Å². The fourth-order valence-corrected chi connectivity index (χ4v) is 1.90. The van der Waals surface area contributed by atoms with Crippen LogP contribution in [0.15, 0.2) is 24.3 Å². The maximum absolute atomic E-state index is 11.1. The average molecular weight is 294 g/mol. The van der Waals surface area contributed by atoms with Crippen molar-refractivity contribution in [1.82, 2.24) is 9.97 Å². The highest BCUT2D eigenvalue weighted by atomic mass is 35.5. The lowest BCUT2D eigenvalue weighted by Gasteiger charge is -2.08. The number of aromatic nitrogens is 2. The van der Waals surface area contributed by atoms with Crippen LogP contribution >= 0.6 is 11.6 Å². The lowest BCUT2D eigenvalue weighted by molar-refractivity contribution is -0.386. The summed E-state index contributed by atoms with van der Waals surface area (Å²) in [5, 5.41) is 11.3. The third-order valence-electron chi connectivity index (χ3n) is 2.63. The molecule has 20 heavy (non-hydrogen) atoms. The third kappa shape index (κ3) is 3.03. The molecule has 0 aliphatic rings. The van der Waals surface area contributed by atoms with Gasteiger partial charge in [-0.15, -0.1) is 0 Å². The van der Waals surface area contributed by atoms with Crippen LogP contribution in [0.3, 0.4) is 0 Å². The van der Waals surface area contributed by atoms with Crippen LogP contribution in [0.25, 0.3) is 0 Å². The highest BCUT2D eigenvalue weighted by molar-refractivity contribution is 6.29. The Labute approximate surface area is 120 Å². The summed E-state index contributed by atoms with van der Waals surface area (Å²) in [6, 6.07) is 6.27. The summed E-state index contributed by atoms with van der Waals surface area (Å²) in [6.45, 7) is 3.53. The lowest BCUT2D eigenvalue weighted by Crippen LogP contribution is -1.99. The van der Waals surface area contributed by atoms with E-state index in [0.29, 0.717) is 17.8 Å². The SMILES string of the molecule is CCc1nc(Cl)cc(Oc2cccc(C)c2[N+](=O)[O-])n1. The molecule has 104 valence electrons. The first kappa shape index (κ1) is 14.2. The van der Waals surface area contributed by atoms with Crippen molar-refractivity contribution in [1.29, 1.82) is 0 Å². The summed E-state index contributed by atoms with van der Waals surface area (Å²) in [4.78, 5) is 18.8. The highest BCUT2D eigenvalue weighted by Crippen LogP contribution is 2.33. The van der Waals surface area contributed by atoms with Crippen LogP contribution in [0.4, 0.5) is 5.69 Å². The monoisotopic (exact) mass is 293 g/mol. The molecule has 0 bridgehead atoms. The number of hydrogen-bond donors (Lipinski definition) is 0. The van der Waals surface area contributed by atoms with E-state index in [1.807, 2.05) is 6.92 Å².